The Morgan fingerprint density at radius 2 is 0.783 bits per heavy atom. The molecule has 0 saturated heterocycles. The van der Waals surface area contributed by atoms with E-state index < -0.39 is 24.3 Å². The Balaban J connectivity index is 3.87. The molecule has 9 nitrogen and oxygen atoms in total. The maximum atomic E-state index is 12.8. The van der Waals surface area contributed by atoms with Gasteiger partial charge in [0.2, 0.25) is 0 Å². The fraction of sp³-hybridized carbons (Fsp3) is 0.850. The third-order valence-electron chi connectivity index (χ3n) is 12.9. The second-order valence-corrected chi connectivity index (χ2v) is 21.0. The number of carbonyl (C=O) groups is 3. The molecule has 0 aliphatic heterocycles. The highest BCUT2D eigenvalue weighted by Gasteiger charge is 2.25. The minimum atomic E-state index is -1.50. The number of carboxylic acids is 1. The molecular weight excluding hydrogens is 863 g/mol. The first-order valence-electron chi connectivity index (χ1n) is 29.2. The molecule has 0 aliphatic carbocycles. The molecule has 2 atom stereocenters. The van der Waals surface area contributed by atoms with Gasteiger partial charge in [0.05, 0.1) is 34.4 Å². The third kappa shape index (κ3) is 53.1. The van der Waals surface area contributed by atoms with Crippen LogP contribution in [0.3, 0.4) is 0 Å². The van der Waals surface area contributed by atoms with Crippen molar-refractivity contribution in [3.63, 3.8) is 0 Å². The van der Waals surface area contributed by atoms with Gasteiger partial charge in [0.1, 0.15) is 13.2 Å². The van der Waals surface area contributed by atoms with Gasteiger partial charge in [-0.3, -0.25) is 9.59 Å². The molecule has 0 saturated carbocycles. The molecule has 0 radical (unpaired) electrons. The van der Waals surface area contributed by atoms with Crippen molar-refractivity contribution in [2.75, 3.05) is 47.5 Å². The van der Waals surface area contributed by atoms with Gasteiger partial charge in [-0.15, -0.1) is 0 Å². The molecule has 69 heavy (non-hydrogen) atoms. The summed E-state index contributed by atoms with van der Waals surface area (Å²) in [6.07, 6.45) is 60.0. The van der Waals surface area contributed by atoms with E-state index in [1.165, 1.54) is 193 Å². The van der Waals surface area contributed by atoms with Crippen molar-refractivity contribution < 1.29 is 42.9 Å². The molecule has 2 unspecified atom stereocenters. The first-order chi connectivity index (χ1) is 33.6. The van der Waals surface area contributed by atoms with Crippen molar-refractivity contribution >= 4 is 17.9 Å². The van der Waals surface area contributed by atoms with Crippen molar-refractivity contribution in [2.45, 2.75) is 283 Å². The Morgan fingerprint density at radius 1 is 0.435 bits per heavy atom. The number of unbranched alkanes of at least 4 members (excludes halogenated alkanes) is 33. The van der Waals surface area contributed by atoms with Gasteiger partial charge in [0.15, 0.2) is 6.10 Å². The topological polar surface area (TPSA) is 108 Å². The van der Waals surface area contributed by atoms with Crippen molar-refractivity contribution in [1.29, 1.82) is 0 Å². The average molecular weight is 976 g/mol. The van der Waals surface area contributed by atoms with E-state index in [1.54, 1.807) is 0 Å². The van der Waals surface area contributed by atoms with Crippen LogP contribution in [0.4, 0.5) is 0 Å². The third-order valence-corrected chi connectivity index (χ3v) is 12.9. The summed E-state index contributed by atoms with van der Waals surface area (Å²) >= 11 is 0. The van der Waals surface area contributed by atoms with Gasteiger partial charge in [-0.25, -0.2) is 4.79 Å². The lowest BCUT2D eigenvalue weighted by Crippen LogP contribution is -2.40. The van der Waals surface area contributed by atoms with Crippen molar-refractivity contribution in [1.82, 2.24) is 0 Å². The number of carboxylic acid groups (broad SMARTS) is 1. The molecule has 0 aromatic carbocycles. The average Bonchev–Trinajstić information content (AvgIpc) is 3.31. The lowest BCUT2D eigenvalue weighted by atomic mass is 10.0. The zero-order chi connectivity index (χ0) is 50.6. The van der Waals surface area contributed by atoms with E-state index in [0.717, 1.165) is 51.4 Å². The molecule has 0 heterocycles. The molecule has 9 heteroatoms. The van der Waals surface area contributed by atoms with Gasteiger partial charge in [-0.05, 0) is 51.4 Å². The predicted octanol–water partition coefficient (Wildman–Crippen LogP) is 16.9. The number of nitrogens with zero attached hydrogens (tertiary/aromatic N) is 1. The first-order valence-corrected chi connectivity index (χ1v) is 29.2. The van der Waals surface area contributed by atoms with Crippen LogP contribution >= 0.6 is 0 Å². The maximum absolute atomic E-state index is 12.8. The summed E-state index contributed by atoms with van der Waals surface area (Å²) in [7, 11) is 5.96. The Bertz CT molecular complexity index is 1230. The predicted molar refractivity (Wildman–Crippen MR) is 291 cm³/mol. The minimum absolute atomic E-state index is 0.177. The molecule has 0 aromatic heterocycles. The molecule has 0 spiro atoms. The van der Waals surface area contributed by atoms with Gasteiger partial charge in [-0.2, -0.15) is 0 Å². The summed E-state index contributed by atoms with van der Waals surface area (Å²) in [5.41, 5.74) is 0. The lowest BCUT2D eigenvalue weighted by Gasteiger charge is -2.25. The molecule has 1 N–H and O–H groups in total. The standard InChI is InChI=1S/C60H111NO8/c1-6-8-10-12-14-15-16-17-18-19-20-21-22-23-24-25-26-27-28-29-30-31-32-33-34-35-36-37-38-39-40-41-42-43-45-47-49-51-58(63)69-56(54-67-57(62)50-48-46-44-13-11-9-7-2)55-68-60(59(64)65)66-53-52-61(3,4)5/h16-17,19-20,22-23,56,60H,6-15,18,21,24-55H2,1-5H3/p+1/b17-16-,20-19-,23-22-. The molecule has 0 rings (SSSR count). The molecule has 0 fully saturated rings. The molecule has 0 aliphatic rings. The number of esters is 2. The summed E-state index contributed by atoms with van der Waals surface area (Å²) in [6, 6.07) is 0. The van der Waals surface area contributed by atoms with Crippen LogP contribution in [-0.4, -0.2) is 87.4 Å². The van der Waals surface area contributed by atoms with E-state index >= 15 is 0 Å². The van der Waals surface area contributed by atoms with Crippen LogP contribution in [0.1, 0.15) is 271 Å². The number of ether oxygens (including phenoxy) is 4. The van der Waals surface area contributed by atoms with Gasteiger partial charge >= 0.3 is 17.9 Å². The number of quaternary nitrogens is 1. The van der Waals surface area contributed by atoms with Crippen molar-refractivity contribution in [3.05, 3.63) is 36.5 Å². The van der Waals surface area contributed by atoms with E-state index in [-0.39, 0.29) is 32.2 Å². The maximum Gasteiger partial charge on any atom is 0.361 e. The van der Waals surface area contributed by atoms with Crippen LogP contribution in [0.15, 0.2) is 36.5 Å². The zero-order valence-electron chi connectivity index (χ0n) is 46.0. The zero-order valence-corrected chi connectivity index (χ0v) is 46.0. The van der Waals surface area contributed by atoms with Gasteiger partial charge < -0.3 is 28.5 Å². The smallest absolute Gasteiger partial charge is 0.361 e. The monoisotopic (exact) mass is 975 g/mol. The van der Waals surface area contributed by atoms with E-state index in [2.05, 4.69) is 50.3 Å². The summed E-state index contributed by atoms with van der Waals surface area (Å²) in [4.78, 5) is 37.1. The van der Waals surface area contributed by atoms with Crippen LogP contribution < -0.4 is 0 Å². The van der Waals surface area contributed by atoms with E-state index in [0.29, 0.717) is 17.4 Å². The fourth-order valence-corrected chi connectivity index (χ4v) is 8.38. The normalized spacial score (nSPS) is 13.0. The van der Waals surface area contributed by atoms with Crippen LogP contribution in [0.2, 0.25) is 0 Å². The Hall–Kier alpha value is -2.49. The Labute approximate surface area is 426 Å². The highest BCUT2D eigenvalue weighted by Crippen LogP contribution is 2.17. The summed E-state index contributed by atoms with van der Waals surface area (Å²) < 4.78 is 22.7. The molecule has 0 bridgehead atoms. The molecule has 404 valence electrons. The van der Waals surface area contributed by atoms with Crippen LogP contribution in [0, 0.1) is 0 Å². The first kappa shape index (κ1) is 66.5. The highest BCUT2D eigenvalue weighted by atomic mass is 16.7. The summed E-state index contributed by atoms with van der Waals surface area (Å²) in [6.45, 7) is 4.84. The fourth-order valence-electron chi connectivity index (χ4n) is 8.38. The largest absolute Gasteiger partial charge is 0.477 e. The summed E-state index contributed by atoms with van der Waals surface area (Å²) in [5.74, 6) is -2.00. The number of aliphatic carboxylic acids is 1. The van der Waals surface area contributed by atoms with E-state index in [9.17, 15) is 19.5 Å². The van der Waals surface area contributed by atoms with Crippen molar-refractivity contribution in [3.8, 4) is 0 Å². The number of hydrogen-bond acceptors (Lipinski definition) is 7. The number of carbonyl (C=O) groups excluding carboxylic acids is 2. The van der Waals surface area contributed by atoms with E-state index in [4.69, 9.17) is 18.9 Å². The number of likely N-dealkylation sites (N-methyl/N-ethyl adjacent to an activating group) is 1. The second kappa shape index (κ2) is 51.9. The highest BCUT2D eigenvalue weighted by molar-refractivity contribution is 5.71. The van der Waals surface area contributed by atoms with Crippen molar-refractivity contribution in [2.24, 2.45) is 0 Å². The Kier molecular flexibility index (Phi) is 50.0. The molecular formula is C60H112NO8+. The SMILES string of the molecule is CCCCCCC/C=C\C/C=C\C/C=C\CCCCCCCCCCCCCCCCCCCCCCCCC(=O)OC(COC(=O)CCCCCCCCC)COC(OCC[N+](C)(C)C)C(=O)O. The van der Waals surface area contributed by atoms with Gasteiger partial charge in [0, 0.05) is 12.8 Å². The second-order valence-electron chi connectivity index (χ2n) is 21.0. The van der Waals surface area contributed by atoms with Gasteiger partial charge in [-0.1, -0.05) is 243 Å². The number of allylic oxidation sites excluding steroid dienone is 6. The Morgan fingerprint density at radius 3 is 1.16 bits per heavy atom. The summed E-state index contributed by atoms with van der Waals surface area (Å²) in [5, 5.41) is 9.64. The molecule has 0 amide bonds. The lowest BCUT2D eigenvalue weighted by molar-refractivity contribution is -0.870. The van der Waals surface area contributed by atoms with Crippen LogP contribution in [0.5, 0.6) is 0 Å². The van der Waals surface area contributed by atoms with Gasteiger partial charge in [0.25, 0.3) is 6.29 Å². The van der Waals surface area contributed by atoms with Crippen LogP contribution in [-0.2, 0) is 33.3 Å². The number of rotatable bonds is 54. The minimum Gasteiger partial charge on any atom is -0.477 e. The molecule has 0 aromatic rings. The number of hydrogen-bond donors (Lipinski definition) is 1. The van der Waals surface area contributed by atoms with Crippen LogP contribution in [0.25, 0.3) is 0 Å². The quantitative estimate of drug-likeness (QED) is 0.0211. The van der Waals surface area contributed by atoms with E-state index in [1.807, 2.05) is 21.1 Å².